The number of nitriles is 1. The van der Waals surface area contributed by atoms with Crippen molar-refractivity contribution in [2.45, 2.75) is 0 Å². The van der Waals surface area contributed by atoms with E-state index in [1.54, 1.807) is 22.7 Å². The van der Waals surface area contributed by atoms with Crippen molar-refractivity contribution in [3.8, 4) is 6.07 Å². The third-order valence-electron chi connectivity index (χ3n) is 7.03. The van der Waals surface area contributed by atoms with Gasteiger partial charge in [-0.05, 0) is 29.0 Å². The maximum atomic E-state index is 15.8. The molecule has 2 aromatic heterocycles. The van der Waals surface area contributed by atoms with Gasteiger partial charge in [0.05, 0.1) is 16.8 Å². The molecule has 0 aliphatic rings. The molecule has 3 nitrogen and oxygen atoms in total. The monoisotopic (exact) mass is 540 g/mol. The predicted octanol–water partition coefficient (Wildman–Crippen LogP) is 8.48. The van der Waals surface area contributed by atoms with E-state index in [4.69, 9.17) is 6.57 Å². The summed E-state index contributed by atoms with van der Waals surface area (Å²) in [4.78, 5) is 3.75. The molecule has 0 N–H and O–H groups in total. The molecule has 6 heteroatoms. The predicted molar refractivity (Wildman–Crippen MR) is 163 cm³/mol. The molecule has 0 amide bonds. The van der Waals surface area contributed by atoms with Crippen LogP contribution in [0, 0.1) is 17.9 Å². The van der Waals surface area contributed by atoms with Crippen LogP contribution in [0.2, 0.25) is 0 Å². The zero-order chi connectivity index (χ0) is 25.9. The number of hydrogen-bond acceptors (Lipinski definition) is 4. The fourth-order valence-electron chi connectivity index (χ4n) is 5.31. The van der Waals surface area contributed by atoms with Gasteiger partial charge in [0.2, 0.25) is 5.69 Å². The van der Waals surface area contributed by atoms with Crippen LogP contribution in [-0.4, -0.2) is 0 Å². The molecular weight excluding hydrogens is 523 g/mol. The first-order valence-electron chi connectivity index (χ1n) is 12.0. The summed E-state index contributed by atoms with van der Waals surface area (Å²) in [5, 5.41) is 16.1. The van der Waals surface area contributed by atoms with Crippen molar-refractivity contribution in [3.05, 3.63) is 120 Å². The Hall–Kier alpha value is -4.25. The van der Waals surface area contributed by atoms with Gasteiger partial charge in [-0.1, -0.05) is 84.9 Å². The molecule has 1 atom stereocenters. The number of fused-ring (bicyclic) bond motifs is 6. The van der Waals surface area contributed by atoms with Crippen LogP contribution in [0.3, 0.4) is 0 Å². The molecule has 0 fully saturated rings. The highest BCUT2D eigenvalue weighted by Gasteiger charge is 2.34. The van der Waals surface area contributed by atoms with Crippen LogP contribution >= 0.6 is 29.8 Å². The molecule has 38 heavy (non-hydrogen) atoms. The Kier molecular flexibility index (Phi) is 5.22. The van der Waals surface area contributed by atoms with Gasteiger partial charge in [0, 0.05) is 40.8 Å². The first-order valence-corrected chi connectivity index (χ1v) is 15.3. The lowest BCUT2D eigenvalue weighted by Gasteiger charge is -2.21. The highest BCUT2D eigenvalue weighted by molar-refractivity contribution is 7.86. The third kappa shape index (κ3) is 3.14. The minimum absolute atomic E-state index is 0.611. The fourth-order valence-corrected chi connectivity index (χ4v) is 11.5. The van der Waals surface area contributed by atoms with E-state index in [1.165, 1.54) is 0 Å². The third-order valence-corrected chi connectivity index (χ3v) is 13.0. The molecule has 178 valence electrons. The van der Waals surface area contributed by atoms with Gasteiger partial charge in [0.1, 0.15) is 6.07 Å². The Balaban J connectivity index is 1.64. The van der Waals surface area contributed by atoms with Gasteiger partial charge >= 0.3 is 0 Å². The largest absolute Gasteiger partial charge is 0.309 e. The van der Waals surface area contributed by atoms with Gasteiger partial charge in [0.15, 0.2) is 7.14 Å². The van der Waals surface area contributed by atoms with Crippen molar-refractivity contribution in [1.82, 2.24) is 0 Å². The highest BCUT2D eigenvalue weighted by atomic mass is 32.1. The zero-order valence-corrected chi connectivity index (χ0v) is 22.4. The molecule has 1 unspecified atom stereocenters. The first-order chi connectivity index (χ1) is 18.6. The lowest BCUT2D eigenvalue weighted by atomic mass is 10.1. The quantitative estimate of drug-likeness (QED) is 0.167. The van der Waals surface area contributed by atoms with Crippen molar-refractivity contribution in [1.29, 1.82) is 5.26 Å². The molecule has 2 heterocycles. The lowest BCUT2D eigenvalue weighted by molar-refractivity contribution is 0.593. The number of rotatable bonds is 3. The highest BCUT2D eigenvalue weighted by Crippen LogP contribution is 2.51. The SMILES string of the molecule is [C-]#[N+]c1cccc2c1sc1c(P(=O)(c3ccccc3)c3cccc4c3sc3c(C#N)cccc34)cccc12. The first kappa shape index (κ1) is 22.9. The van der Waals surface area contributed by atoms with E-state index in [1.807, 2.05) is 91.0 Å². The minimum Gasteiger partial charge on any atom is -0.309 e. The second-order valence-electron chi connectivity index (χ2n) is 9.02. The van der Waals surface area contributed by atoms with Gasteiger partial charge in [-0.15, -0.1) is 22.7 Å². The average Bonchev–Trinajstić information content (AvgIpc) is 3.55. The second kappa shape index (κ2) is 8.66. The van der Waals surface area contributed by atoms with Crippen LogP contribution in [0.4, 0.5) is 5.69 Å². The van der Waals surface area contributed by atoms with Crippen molar-refractivity contribution in [3.63, 3.8) is 0 Å². The number of thiophene rings is 2. The lowest BCUT2D eigenvalue weighted by Crippen LogP contribution is -2.25. The summed E-state index contributed by atoms with van der Waals surface area (Å²) in [6, 6.07) is 35.6. The van der Waals surface area contributed by atoms with E-state index in [-0.39, 0.29) is 0 Å². The second-order valence-corrected chi connectivity index (χ2v) is 13.8. The van der Waals surface area contributed by atoms with Gasteiger partial charge in [-0.3, -0.25) is 0 Å². The fraction of sp³-hybridized carbons (Fsp3) is 0. The minimum atomic E-state index is -3.36. The maximum absolute atomic E-state index is 15.8. The van der Waals surface area contributed by atoms with Crippen LogP contribution in [0.15, 0.2) is 103 Å². The van der Waals surface area contributed by atoms with E-state index in [2.05, 4.69) is 23.0 Å². The van der Waals surface area contributed by atoms with E-state index in [0.717, 1.165) is 56.3 Å². The molecule has 0 bridgehead atoms. The average molecular weight is 541 g/mol. The van der Waals surface area contributed by atoms with Crippen molar-refractivity contribution >= 4 is 91.8 Å². The molecule has 0 saturated carbocycles. The standard InChI is InChI=1S/C32H17N2OPS2/c1-34-26-16-6-13-23-25-15-8-18-28(32(25)38-30(23)26)36(35,21-10-3-2-4-11-21)27-17-7-14-24-22-12-5-9-20(19-33)29(22)37-31(24)27/h2-18H. The van der Waals surface area contributed by atoms with Crippen LogP contribution in [0.25, 0.3) is 45.2 Å². The van der Waals surface area contributed by atoms with Gasteiger partial charge in [-0.2, -0.15) is 5.26 Å². The summed E-state index contributed by atoms with van der Waals surface area (Å²) in [7, 11) is -3.36. The Bertz CT molecular complexity index is 2060. The zero-order valence-electron chi connectivity index (χ0n) is 19.9. The van der Waals surface area contributed by atoms with Crippen LogP contribution in [-0.2, 0) is 4.57 Å². The summed E-state index contributed by atoms with van der Waals surface area (Å²) >= 11 is 3.09. The number of benzene rings is 5. The van der Waals surface area contributed by atoms with E-state index >= 15 is 4.57 Å². The van der Waals surface area contributed by atoms with Crippen LogP contribution < -0.4 is 15.9 Å². The summed E-state index contributed by atoms with van der Waals surface area (Å²) in [5.74, 6) is 0. The Labute approximate surface area is 227 Å². The van der Waals surface area contributed by atoms with Crippen molar-refractivity contribution in [2.24, 2.45) is 0 Å². The Morgan fingerprint density at radius 3 is 1.76 bits per heavy atom. The van der Waals surface area contributed by atoms with Crippen molar-refractivity contribution in [2.75, 3.05) is 0 Å². The number of hydrogen-bond donors (Lipinski definition) is 0. The summed E-state index contributed by atoms with van der Waals surface area (Å²) in [6.45, 7) is 7.68. The molecule has 5 aromatic carbocycles. The summed E-state index contributed by atoms with van der Waals surface area (Å²) < 4.78 is 19.5. The van der Waals surface area contributed by atoms with E-state index in [0.29, 0.717) is 11.3 Å². The van der Waals surface area contributed by atoms with Crippen LogP contribution in [0.1, 0.15) is 5.56 Å². The normalized spacial score (nSPS) is 13.0. The molecule has 7 rings (SSSR count). The Morgan fingerprint density at radius 1 is 0.632 bits per heavy atom. The smallest absolute Gasteiger partial charge is 0.204 e. The molecule has 0 spiro atoms. The molecule has 0 saturated heterocycles. The molecule has 0 aliphatic heterocycles. The van der Waals surface area contributed by atoms with E-state index in [9.17, 15) is 5.26 Å². The van der Waals surface area contributed by atoms with Gasteiger partial charge < -0.3 is 4.57 Å². The molecular formula is C32H17N2OPS2. The molecule has 0 radical (unpaired) electrons. The van der Waals surface area contributed by atoms with E-state index < -0.39 is 7.14 Å². The number of nitrogens with zero attached hydrogens (tertiary/aromatic N) is 2. The van der Waals surface area contributed by atoms with Gasteiger partial charge in [0.25, 0.3) is 0 Å². The van der Waals surface area contributed by atoms with Crippen molar-refractivity contribution < 1.29 is 4.57 Å². The van der Waals surface area contributed by atoms with Crippen LogP contribution in [0.5, 0.6) is 0 Å². The molecule has 7 aromatic rings. The summed E-state index contributed by atoms with van der Waals surface area (Å²) in [6.07, 6.45) is 0. The Morgan fingerprint density at radius 2 is 1.16 bits per heavy atom. The summed E-state index contributed by atoms with van der Waals surface area (Å²) in [5.41, 5.74) is 1.24. The maximum Gasteiger partial charge on any atom is 0.204 e. The topological polar surface area (TPSA) is 45.2 Å². The van der Waals surface area contributed by atoms with Gasteiger partial charge in [-0.25, -0.2) is 4.85 Å². The molecule has 0 aliphatic carbocycles.